The molecule has 3 N–H and O–H groups in total. The van der Waals surface area contributed by atoms with E-state index in [0.717, 1.165) is 44.9 Å². The number of hydrogen-bond donors (Lipinski definition) is 3. The lowest BCUT2D eigenvalue weighted by atomic mass is 9.82. The van der Waals surface area contributed by atoms with Gasteiger partial charge in [0.25, 0.3) is 5.89 Å². The highest BCUT2D eigenvalue weighted by Crippen LogP contribution is 2.33. The molecule has 5 rings (SSSR count). The Balaban J connectivity index is 1.05. The summed E-state index contributed by atoms with van der Waals surface area (Å²) in [7, 11) is 0. The van der Waals surface area contributed by atoms with E-state index in [4.69, 9.17) is 4.42 Å². The van der Waals surface area contributed by atoms with Gasteiger partial charge in [-0.05, 0) is 44.9 Å². The summed E-state index contributed by atoms with van der Waals surface area (Å²) in [6, 6.07) is 0.419. The average Bonchev–Trinajstić information content (AvgIpc) is 3.34. The van der Waals surface area contributed by atoms with Gasteiger partial charge in [0, 0.05) is 36.8 Å². The Morgan fingerprint density at radius 2 is 1.94 bits per heavy atom. The van der Waals surface area contributed by atoms with E-state index in [1.807, 2.05) is 0 Å². The van der Waals surface area contributed by atoms with Crippen molar-refractivity contribution in [1.82, 2.24) is 36.1 Å². The first-order chi connectivity index (χ1) is 16.2. The van der Waals surface area contributed by atoms with Gasteiger partial charge in [0.1, 0.15) is 5.69 Å². The number of carbonyl (C=O) groups excluding carboxylic acids is 2. The SMILES string of the molecule is O=C(CCC1NC(=O)C2CCCCC2N1)NC1CCC(c2nnc(-c3cnccn3)o2)CC1. The highest BCUT2D eigenvalue weighted by atomic mass is 16.4. The lowest BCUT2D eigenvalue weighted by Crippen LogP contribution is -2.62. The lowest BCUT2D eigenvalue weighted by Gasteiger charge is -2.40. The molecule has 0 spiro atoms. The summed E-state index contributed by atoms with van der Waals surface area (Å²) in [5.74, 6) is 1.49. The molecule has 0 bridgehead atoms. The quantitative estimate of drug-likeness (QED) is 0.605. The molecular weight excluding hydrogens is 422 g/mol. The van der Waals surface area contributed by atoms with E-state index in [2.05, 4.69) is 36.1 Å². The number of rotatable bonds is 6. The fraction of sp³-hybridized carbons (Fsp3) is 0.652. The second kappa shape index (κ2) is 9.94. The molecule has 0 radical (unpaired) electrons. The third-order valence-electron chi connectivity index (χ3n) is 7.16. The molecule has 0 aromatic carbocycles. The van der Waals surface area contributed by atoms with Gasteiger partial charge >= 0.3 is 0 Å². The van der Waals surface area contributed by atoms with Crippen LogP contribution in [0.15, 0.2) is 23.0 Å². The molecule has 3 unspecified atom stereocenters. The van der Waals surface area contributed by atoms with Crippen LogP contribution in [0.5, 0.6) is 0 Å². The van der Waals surface area contributed by atoms with Gasteiger partial charge in [0.05, 0.1) is 18.3 Å². The maximum Gasteiger partial charge on any atom is 0.267 e. The van der Waals surface area contributed by atoms with Crippen molar-refractivity contribution in [3.63, 3.8) is 0 Å². The minimum Gasteiger partial charge on any atom is -0.419 e. The predicted molar refractivity (Wildman–Crippen MR) is 119 cm³/mol. The largest absolute Gasteiger partial charge is 0.419 e. The van der Waals surface area contributed by atoms with Gasteiger partial charge in [-0.3, -0.25) is 19.9 Å². The van der Waals surface area contributed by atoms with Crippen molar-refractivity contribution in [3.05, 3.63) is 24.5 Å². The van der Waals surface area contributed by atoms with Crippen molar-refractivity contribution in [2.75, 3.05) is 0 Å². The van der Waals surface area contributed by atoms with E-state index in [1.165, 1.54) is 6.42 Å². The van der Waals surface area contributed by atoms with E-state index in [1.54, 1.807) is 18.6 Å². The zero-order valence-electron chi connectivity index (χ0n) is 18.7. The predicted octanol–water partition coefficient (Wildman–Crippen LogP) is 2.05. The zero-order valence-corrected chi connectivity index (χ0v) is 18.7. The van der Waals surface area contributed by atoms with E-state index in [-0.39, 0.29) is 41.9 Å². The van der Waals surface area contributed by atoms with Crippen molar-refractivity contribution < 1.29 is 14.0 Å². The molecule has 3 atom stereocenters. The number of hydrogen-bond acceptors (Lipinski definition) is 8. The molecule has 3 heterocycles. The summed E-state index contributed by atoms with van der Waals surface area (Å²) in [5.41, 5.74) is 0.569. The van der Waals surface area contributed by atoms with Crippen molar-refractivity contribution in [2.24, 2.45) is 5.92 Å². The molecule has 3 aliphatic rings. The fourth-order valence-electron chi connectivity index (χ4n) is 5.35. The van der Waals surface area contributed by atoms with Crippen molar-refractivity contribution in [2.45, 2.75) is 88.4 Å². The van der Waals surface area contributed by atoms with E-state index < -0.39 is 0 Å². The van der Waals surface area contributed by atoms with E-state index >= 15 is 0 Å². The smallest absolute Gasteiger partial charge is 0.267 e. The Bertz CT molecular complexity index is 958. The van der Waals surface area contributed by atoms with Gasteiger partial charge < -0.3 is 15.1 Å². The van der Waals surface area contributed by atoms with Crippen LogP contribution < -0.4 is 16.0 Å². The molecule has 176 valence electrons. The molecule has 2 aromatic rings. The molecular formula is C23H31N7O3. The fourth-order valence-corrected chi connectivity index (χ4v) is 5.35. The Hall–Kier alpha value is -2.88. The molecule has 3 fully saturated rings. The third-order valence-corrected chi connectivity index (χ3v) is 7.16. The highest BCUT2D eigenvalue weighted by molar-refractivity contribution is 5.81. The Morgan fingerprint density at radius 1 is 1.09 bits per heavy atom. The molecule has 2 saturated carbocycles. The van der Waals surface area contributed by atoms with Crippen LogP contribution in [-0.2, 0) is 9.59 Å². The topological polar surface area (TPSA) is 135 Å². The van der Waals surface area contributed by atoms with Gasteiger partial charge in [-0.25, -0.2) is 4.98 Å². The standard InChI is InChI=1S/C23H31N7O3/c31-20(10-9-19-27-17-4-2-1-3-16(17)21(32)28-19)26-15-7-5-14(6-8-15)22-29-30-23(33-22)18-13-24-11-12-25-18/h11-17,19,27H,1-10H2,(H,26,31)(H,28,32). The Morgan fingerprint density at radius 3 is 2.76 bits per heavy atom. The normalized spacial score (nSPS) is 29.7. The van der Waals surface area contributed by atoms with Gasteiger partial charge in [0.2, 0.25) is 17.7 Å². The van der Waals surface area contributed by atoms with Crippen LogP contribution >= 0.6 is 0 Å². The highest BCUT2D eigenvalue weighted by Gasteiger charge is 2.37. The van der Waals surface area contributed by atoms with Gasteiger partial charge in [-0.1, -0.05) is 12.8 Å². The number of carbonyl (C=O) groups is 2. The first kappa shape index (κ1) is 21.9. The second-order valence-electron chi connectivity index (χ2n) is 9.42. The van der Waals surface area contributed by atoms with Crippen LogP contribution in [0.3, 0.4) is 0 Å². The first-order valence-electron chi connectivity index (χ1n) is 12.1. The minimum absolute atomic E-state index is 0.0444. The molecule has 10 heteroatoms. The van der Waals surface area contributed by atoms with Gasteiger partial charge in [0.15, 0.2) is 0 Å². The maximum atomic E-state index is 12.5. The van der Waals surface area contributed by atoms with Crippen molar-refractivity contribution in [1.29, 1.82) is 0 Å². The summed E-state index contributed by atoms with van der Waals surface area (Å²) in [4.78, 5) is 33.1. The van der Waals surface area contributed by atoms with Crippen LogP contribution in [0.1, 0.15) is 76.0 Å². The second-order valence-corrected chi connectivity index (χ2v) is 9.42. The molecule has 2 amide bonds. The van der Waals surface area contributed by atoms with Crippen LogP contribution in [0.2, 0.25) is 0 Å². The lowest BCUT2D eigenvalue weighted by molar-refractivity contribution is -0.131. The summed E-state index contributed by atoms with van der Waals surface area (Å²) in [5, 5.41) is 18.1. The summed E-state index contributed by atoms with van der Waals surface area (Å²) in [6.45, 7) is 0. The molecule has 2 aliphatic carbocycles. The Kier molecular flexibility index (Phi) is 6.61. The van der Waals surface area contributed by atoms with E-state index in [0.29, 0.717) is 30.3 Å². The van der Waals surface area contributed by atoms with Crippen LogP contribution in [0, 0.1) is 5.92 Å². The number of fused-ring (bicyclic) bond motifs is 1. The maximum absolute atomic E-state index is 12.5. The third kappa shape index (κ3) is 5.21. The van der Waals surface area contributed by atoms with Crippen molar-refractivity contribution in [3.8, 4) is 11.6 Å². The summed E-state index contributed by atoms with van der Waals surface area (Å²) >= 11 is 0. The van der Waals surface area contributed by atoms with Gasteiger partial charge in [-0.2, -0.15) is 0 Å². The number of nitrogens with zero attached hydrogens (tertiary/aromatic N) is 4. The number of aromatic nitrogens is 4. The summed E-state index contributed by atoms with van der Waals surface area (Å²) < 4.78 is 5.82. The van der Waals surface area contributed by atoms with E-state index in [9.17, 15) is 9.59 Å². The number of nitrogens with one attached hydrogen (secondary N) is 3. The summed E-state index contributed by atoms with van der Waals surface area (Å²) in [6.07, 6.45) is 13.5. The molecule has 1 saturated heterocycles. The van der Waals surface area contributed by atoms with Crippen molar-refractivity contribution >= 4 is 11.8 Å². The monoisotopic (exact) mass is 453 g/mol. The molecule has 10 nitrogen and oxygen atoms in total. The Labute approximate surface area is 192 Å². The molecule has 33 heavy (non-hydrogen) atoms. The molecule has 1 aliphatic heterocycles. The first-order valence-corrected chi connectivity index (χ1v) is 12.1. The average molecular weight is 454 g/mol. The van der Waals surface area contributed by atoms with Crippen LogP contribution in [0.4, 0.5) is 0 Å². The number of amides is 2. The zero-order chi connectivity index (χ0) is 22.6. The molecule has 2 aromatic heterocycles. The minimum atomic E-state index is -0.112. The van der Waals surface area contributed by atoms with Crippen LogP contribution in [-0.4, -0.2) is 50.2 Å². The van der Waals surface area contributed by atoms with Gasteiger partial charge in [-0.15, -0.1) is 10.2 Å². The van der Waals surface area contributed by atoms with Crippen LogP contribution in [0.25, 0.3) is 11.6 Å².